The van der Waals surface area contributed by atoms with Gasteiger partial charge in [0.1, 0.15) is 11.5 Å². The van der Waals surface area contributed by atoms with Gasteiger partial charge in [0.25, 0.3) is 0 Å². The van der Waals surface area contributed by atoms with Gasteiger partial charge in [0.15, 0.2) is 0 Å². The second-order valence-corrected chi connectivity index (χ2v) is 9.42. The summed E-state index contributed by atoms with van der Waals surface area (Å²) in [4.78, 5) is 54.4. The van der Waals surface area contributed by atoms with E-state index in [4.69, 9.17) is 9.47 Å². The second kappa shape index (κ2) is 9.60. The van der Waals surface area contributed by atoms with Crippen molar-refractivity contribution in [2.45, 2.75) is 26.7 Å². The molecule has 2 aromatic carbocycles. The maximum atomic E-state index is 13.1. The van der Waals surface area contributed by atoms with Crippen LogP contribution in [0.4, 0.5) is 11.4 Å². The first-order valence-corrected chi connectivity index (χ1v) is 12.3. The molecule has 0 unspecified atom stereocenters. The summed E-state index contributed by atoms with van der Waals surface area (Å²) in [6, 6.07) is 13.6. The van der Waals surface area contributed by atoms with E-state index in [0.29, 0.717) is 30.2 Å². The fraction of sp³-hybridized carbons (Fsp3) is 0.357. The summed E-state index contributed by atoms with van der Waals surface area (Å²) >= 11 is 0. The molecule has 1 aliphatic carbocycles. The number of carbonyl (C=O) groups is 4. The molecule has 3 aliphatic rings. The molecule has 8 nitrogen and oxygen atoms in total. The third-order valence-corrected chi connectivity index (χ3v) is 7.08. The largest absolute Gasteiger partial charge is 0.494 e. The van der Waals surface area contributed by atoms with Crippen molar-refractivity contribution in [2.24, 2.45) is 23.7 Å². The number of rotatable bonds is 6. The highest BCUT2D eigenvalue weighted by molar-refractivity contribution is 6.22. The minimum atomic E-state index is -0.627. The second-order valence-electron chi connectivity index (χ2n) is 9.42. The number of fused-ring (bicyclic) bond motifs is 1. The van der Waals surface area contributed by atoms with E-state index in [0.717, 1.165) is 0 Å². The van der Waals surface area contributed by atoms with Crippen molar-refractivity contribution in [2.75, 3.05) is 23.0 Å². The zero-order valence-corrected chi connectivity index (χ0v) is 20.3. The number of hydrogen-bond acceptors (Lipinski definition) is 6. The van der Waals surface area contributed by atoms with E-state index in [-0.39, 0.29) is 54.2 Å². The third-order valence-electron chi connectivity index (χ3n) is 7.08. The van der Waals surface area contributed by atoms with Crippen LogP contribution in [0.3, 0.4) is 0 Å². The first-order valence-electron chi connectivity index (χ1n) is 12.3. The van der Waals surface area contributed by atoms with E-state index in [1.807, 2.05) is 26.0 Å². The van der Waals surface area contributed by atoms with Gasteiger partial charge in [-0.05, 0) is 55.7 Å². The fourth-order valence-corrected chi connectivity index (χ4v) is 5.29. The maximum absolute atomic E-state index is 13.1. The normalized spacial score (nSPS) is 25.3. The molecule has 0 aromatic heterocycles. The van der Waals surface area contributed by atoms with Crippen molar-refractivity contribution in [3.05, 3.63) is 60.7 Å². The standard InChI is InChI=1S/C28H28N2O6/c1-3-35-21-12-10-19(11-13-21)29-16-18(14-24(29)31)28(34)36-22-8-5-7-20(15-22)30-26(32)23-9-4-6-17(2)25(23)27(30)33/h4-8,10-13,15,17-18,23,25H,3,9,14,16H2,1-2H3/t17-,18-,23-,25-/m1/s1. The average Bonchev–Trinajstić information content (AvgIpc) is 3.38. The summed E-state index contributed by atoms with van der Waals surface area (Å²) in [6.45, 7) is 4.60. The van der Waals surface area contributed by atoms with E-state index in [1.165, 1.54) is 11.0 Å². The van der Waals surface area contributed by atoms with Crippen molar-refractivity contribution in [3.63, 3.8) is 0 Å². The molecule has 0 spiro atoms. The number of ether oxygens (including phenoxy) is 2. The van der Waals surface area contributed by atoms with Crippen LogP contribution in [0.5, 0.6) is 11.5 Å². The molecule has 36 heavy (non-hydrogen) atoms. The Morgan fingerprint density at radius 1 is 1.00 bits per heavy atom. The Labute approximate surface area is 209 Å². The van der Waals surface area contributed by atoms with E-state index in [9.17, 15) is 19.2 Å². The summed E-state index contributed by atoms with van der Waals surface area (Å²) in [5.74, 6) is -1.56. The van der Waals surface area contributed by atoms with Crippen LogP contribution in [0.2, 0.25) is 0 Å². The predicted molar refractivity (Wildman–Crippen MR) is 133 cm³/mol. The van der Waals surface area contributed by atoms with Crippen LogP contribution in [-0.2, 0) is 19.2 Å². The monoisotopic (exact) mass is 488 g/mol. The molecule has 2 fully saturated rings. The molecule has 2 saturated heterocycles. The van der Waals surface area contributed by atoms with Crippen LogP contribution in [-0.4, -0.2) is 36.8 Å². The smallest absolute Gasteiger partial charge is 0.316 e. The molecule has 2 aliphatic heterocycles. The molecule has 2 aromatic rings. The van der Waals surface area contributed by atoms with E-state index in [2.05, 4.69) is 0 Å². The summed E-state index contributed by atoms with van der Waals surface area (Å²) in [7, 11) is 0. The summed E-state index contributed by atoms with van der Waals surface area (Å²) < 4.78 is 11.0. The van der Waals surface area contributed by atoms with Crippen molar-refractivity contribution in [1.82, 2.24) is 0 Å². The highest BCUT2D eigenvalue weighted by Crippen LogP contribution is 2.41. The number of nitrogens with zero attached hydrogens (tertiary/aromatic N) is 2. The van der Waals surface area contributed by atoms with E-state index < -0.39 is 11.9 Å². The number of imide groups is 1. The van der Waals surface area contributed by atoms with Gasteiger partial charge in [0, 0.05) is 24.7 Å². The molecule has 0 bridgehead atoms. The molecule has 4 atom stereocenters. The minimum Gasteiger partial charge on any atom is -0.494 e. The number of carbonyl (C=O) groups excluding carboxylic acids is 4. The number of allylic oxidation sites excluding steroid dienone is 2. The lowest BCUT2D eigenvalue weighted by Crippen LogP contribution is -2.31. The first-order chi connectivity index (χ1) is 17.4. The third kappa shape index (κ3) is 4.27. The molecule has 5 rings (SSSR count). The Bertz CT molecular complexity index is 1240. The van der Waals surface area contributed by atoms with Gasteiger partial charge in [-0.25, -0.2) is 4.90 Å². The fourth-order valence-electron chi connectivity index (χ4n) is 5.29. The number of amides is 3. The highest BCUT2D eigenvalue weighted by Gasteiger charge is 2.50. The van der Waals surface area contributed by atoms with Crippen LogP contribution in [0, 0.1) is 23.7 Å². The summed E-state index contributed by atoms with van der Waals surface area (Å²) in [5, 5.41) is 0. The first kappa shape index (κ1) is 23.8. The number of anilines is 2. The van der Waals surface area contributed by atoms with Gasteiger partial charge >= 0.3 is 5.97 Å². The van der Waals surface area contributed by atoms with Crippen molar-refractivity contribution in [1.29, 1.82) is 0 Å². The molecule has 0 saturated carbocycles. The topological polar surface area (TPSA) is 93.2 Å². The van der Waals surface area contributed by atoms with Crippen LogP contribution < -0.4 is 19.3 Å². The van der Waals surface area contributed by atoms with E-state index >= 15 is 0 Å². The van der Waals surface area contributed by atoms with Crippen LogP contribution in [0.25, 0.3) is 0 Å². The molecular weight excluding hydrogens is 460 g/mol. The number of benzene rings is 2. The van der Waals surface area contributed by atoms with Crippen molar-refractivity contribution < 1.29 is 28.7 Å². The molecule has 2 heterocycles. The van der Waals surface area contributed by atoms with Gasteiger partial charge in [-0.15, -0.1) is 0 Å². The van der Waals surface area contributed by atoms with Gasteiger partial charge < -0.3 is 14.4 Å². The van der Waals surface area contributed by atoms with Crippen molar-refractivity contribution in [3.8, 4) is 11.5 Å². The van der Waals surface area contributed by atoms with Gasteiger partial charge in [-0.3, -0.25) is 19.2 Å². The average molecular weight is 489 g/mol. The number of hydrogen-bond donors (Lipinski definition) is 0. The summed E-state index contributed by atoms with van der Waals surface area (Å²) in [6.07, 6.45) is 4.53. The zero-order valence-electron chi connectivity index (χ0n) is 20.3. The molecular formula is C28H28N2O6. The quantitative estimate of drug-likeness (QED) is 0.266. The SMILES string of the molecule is CCOc1ccc(N2C[C@H](C(=O)Oc3cccc(N4C(=O)[C@@H]5[C@H](C)C=CC[C@H]5C4=O)c3)CC2=O)cc1. The Kier molecular flexibility index (Phi) is 6.35. The maximum Gasteiger partial charge on any atom is 0.316 e. The lowest BCUT2D eigenvalue weighted by molar-refractivity contribution is -0.139. The zero-order chi connectivity index (χ0) is 25.4. The van der Waals surface area contributed by atoms with Gasteiger partial charge in [-0.2, -0.15) is 0 Å². The van der Waals surface area contributed by atoms with Crippen molar-refractivity contribution >= 4 is 35.1 Å². The van der Waals surface area contributed by atoms with Gasteiger partial charge in [-0.1, -0.05) is 25.1 Å². The Morgan fingerprint density at radius 3 is 2.50 bits per heavy atom. The Balaban J connectivity index is 1.27. The molecule has 8 heteroatoms. The van der Waals surface area contributed by atoms with E-state index in [1.54, 1.807) is 47.4 Å². The molecule has 186 valence electrons. The van der Waals surface area contributed by atoms with Crippen LogP contribution in [0.1, 0.15) is 26.7 Å². The van der Waals surface area contributed by atoms with Gasteiger partial charge in [0.05, 0.1) is 30.0 Å². The van der Waals surface area contributed by atoms with Crippen LogP contribution in [0.15, 0.2) is 60.7 Å². The minimum absolute atomic E-state index is 0.00978. The van der Waals surface area contributed by atoms with Gasteiger partial charge in [0.2, 0.25) is 17.7 Å². The predicted octanol–water partition coefficient (Wildman–Crippen LogP) is 3.75. The lowest BCUT2D eigenvalue weighted by Gasteiger charge is -2.22. The molecule has 3 amide bonds. The summed E-state index contributed by atoms with van der Waals surface area (Å²) in [5.41, 5.74) is 1.08. The van der Waals surface area contributed by atoms with Crippen LogP contribution >= 0.6 is 0 Å². The number of esters is 1. The Hall–Kier alpha value is -3.94. The molecule has 0 N–H and O–H groups in total. The Morgan fingerprint density at radius 2 is 1.78 bits per heavy atom. The molecule has 0 radical (unpaired) electrons. The lowest BCUT2D eigenvalue weighted by atomic mass is 9.78. The highest BCUT2D eigenvalue weighted by atomic mass is 16.5.